The van der Waals surface area contributed by atoms with E-state index in [9.17, 15) is 4.79 Å². The third kappa shape index (κ3) is 5.45. The number of nitrogens with two attached hydrogens (primary N) is 1. The van der Waals surface area contributed by atoms with Gasteiger partial charge in [-0.05, 0) is 6.26 Å². The zero-order valence-electron chi connectivity index (χ0n) is 5.22. The molecule has 54 valence electrons. The Hall–Kier alpha value is -0.420. The van der Waals surface area contributed by atoms with Crippen LogP contribution in [0.15, 0.2) is 0 Å². The fraction of sp³-hybridized carbons (Fsp3) is 0.750. The fourth-order valence-corrected chi connectivity index (χ4v) is 0.509. The highest BCUT2D eigenvalue weighted by Gasteiger charge is 1.94. The number of carbonyl (C=O) groups is 1. The molecule has 0 aliphatic rings. The topological polar surface area (TPSA) is 64.3 Å². The van der Waals surface area contributed by atoms with E-state index in [1.54, 1.807) is 11.8 Å². The van der Waals surface area contributed by atoms with E-state index in [4.69, 9.17) is 5.84 Å². The van der Waals surface area contributed by atoms with Crippen LogP contribution < -0.4 is 11.3 Å². The minimum atomic E-state index is -0.580. The molecule has 0 aromatic carbocycles. The number of nitrogens with one attached hydrogen (secondary N) is 1. The summed E-state index contributed by atoms with van der Waals surface area (Å²) in [5.41, 5.74) is 1.85. The first-order valence-corrected chi connectivity index (χ1v) is 3.83. The van der Waals surface area contributed by atoms with Crippen LogP contribution in [0.1, 0.15) is 0 Å². The molecule has 9 heavy (non-hydrogen) atoms. The minimum absolute atomic E-state index is 0.407. The van der Waals surface area contributed by atoms with Crippen LogP contribution in [0.25, 0.3) is 0 Å². The van der Waals surface area contributed by atoms with Gasteiger partial charge in [0.1, 0.15) is 6.61 Å². The summed E-state index contributed by atoms with van der Waals surface area (Å²) in [5, 5.41) is 0. The van der Waals surface area contributed by atoms with E-state index < -0.39 is 6.09 Å². The van der Waals surface area contributed by atoms with Crippen LogP contribution in [-0.2, 0) is 4.74 Å². The summed E-state index contributed by atoms with van der Waals surface area (Å²) in [4.78, 5) is 10.2. The lowest BCUT2D eigenvalue weighted by atomic mass is 10.8. The van der Waals surface area contributed by atoms with Gasteiger partial charge in [-0.1, -0.05) is 0 Å². The molecular weight excluding hydrogens is 140 g/mol. The number of ether oxygens (including phenoxy) is 1. The van der Waals surface area contributed by atoms with Crippen molar-refractivity contribution in [1.29, 1.82) is 0 Å². The molecular formula is C4H10N2O2S. The average molecular weight is 150 g/mol. The monoisotopic (exact) mass is 150 g/mol. The number of carbonyl (C=O) groups excluding carboxylic acids is 1. The number of thioether (sulfide) groups is 1. The first-order valence-electron chi connectivity index (χ1n) is 2.43. The van der Waals surface area contributed by atoms with E-state index in [1.807, 2.05) is 11.7 Å². The summed E-state index contributed by atoms with van der Waals surface area (Å²) >= 11 is 1.61. The molecule has 0 aliphatic carbocycles. The van der Waals surface area contributed by atoms with Crippen LogP contribution in [0.3, 0.4) is 0 Å². The van der Waals surface area contributed by atoms with Gasteiger partial charge in [0.15, 0.2) is 0 Å². The lowest BCUT2D eigenvalue weighted by Gasteiger charge is -1.99. The maximum absolute atomic E-state index is 10.2. The molecule has 0 saturated heterocycles. The van der Waals surface area contributed by atoms with Gasteiger partial charge >= 0.3 is 6.09 Å². The second-order valence-corrected chi connectivity index (χ2v) is 2.26. The van der Waals surface area contributed by atoms with Crippen molar-refractivity contribution in [3.05, 3.63) is 0 Å². The molecule has 0 rings (SSSR count). The Morgan fingerprint density at radius 3 is 3.00 bits per heavy atom. The zero-order chi connectivity index (χ0) is 7.11. The van der Waals surface area contributed by atoms with Crippen LogP contribution >= 0.6 is 11.8 Å². The van der Waals surface area contributed by atoms with Crippen LogP contribution in [-0.4, -0.2) is 24.7 Å². The minimum Gasteiger partial charge on any atom is -0.448 e. The van der Waals surface area contributed by atoms with Gasteiger partial charge in [0.25, 0.3) is 0 Å². The van der Waals surface area contributed by atoms with Gasteiger partial charge in [0.2, 0.25) is 0 Å². The maximum Gasteiger partial charge on any atom is 0.421 e. The van der Waals surface area contributed by atoms with Crippen molar-refractivity contribution >= 4 is 17.9 Å². The lowest BCUT2D eigenvalue weighted by molar-refractivity contribution is 0.153. The van der Waals surface area contributed by atoms with Crippen molar-refractivity contribution in [3.8, 4) is 0 Å². The van der Waals surface area contributed by atoms with Crippen molar-refractivity contribution in [2.45, 2.75) is 0 Å². The molecule has 0 heterocycles. The van der Waals surface area contributed by atoms with Gasteiger partial charge in [-0.15, -0.1) is 0 Å². The molecule has 0 bridgehead atoms. The Balaban J connectivity index is 2.97. The van der Waals surface area contributed by atoms with E-state index >= 15 is 0 Å². The molecule has 0 aromatic rings. The van der Waals surface area contributed by atoms with Gasteiger partial charge in [0.05, 0.1) is 0 Å². The molecule has 1 amide bonds. The zero-order valence-corrected chi connectivity index (χ0v) is 6.03. The fourth-order valence-electron chi connectivity index (χ4n) is 0.259. The summed E-state index contributed by atoms with van der Waals surface area (Å²) in [7, 11) is 0. The van der Waals surface area contributed by atoms with E-state index in [-0.39, 0.29) is 0 Å². The third-order valence-corrected chi connectivity index (χ3v) is 1.21. The number of rotatable bonds is 3. The maximum atomic E-state index is 10.2. The predicted octanol–water partition coefficient (Wildman–Crippen LogP) is -0.0507. The standard InChI is InChI=1S/C4H10N2O2S/c1-9-3-2-8-4(7)6-5/h2-3,5H2,1H3,(H,6,7). The Kier molecular flexibility index (Phi) is 5.45. The van der Waals surface area contributed by atoms with Crippen molar-refractivity contribution in [2.24, 2.45) is 5.84 Å². The third-order valence-electron chi connectivity index (χ3n) is 0.638. The van der Waals surface area contributed by atoms with Gasteiger partial charge < -0.3 is 4.74 Å². The largest absolute Gasteiger partial charge is 0.448 e. The van der Waals surface area contributed by atoms with Crippen molar-refractivity contribution < 1.29 is 9.53 Å². The van der Waals surface area contributed by atoms with E-state index in [0.29, 0.717) is 6.61 Å². The van der Waals surface area contributed by atoms with Crippen molar-refractivity contribution in [3.63, 3.8) is 0 Å². The second-order valence-electron chi connectivity index (χ2n) is 1.27. The smallest absolute Gasteiger partial charge is 0.421 e. The normalized spacial score (nSPS) is 8.67. The molecule has 0 saturated carbocycles. The first-order chi connectivity index (χ1) is 4.31. The highest BCUT2D eigenvalue weighted by Crippen LogP contribution is 1.89. The summed E-state index contributed by atoms with van der Waals surface area (Å²) in [6, 6.07) is 0. The van der Waals surface area contributed by atoms with E-state index in [1.165, 1.54) is 0 Å². The summed E-state index contributed by atoms with van der Waals surface area (Å²) in [5.74, 6) is 5.52. The number of hydrogen-bond acceptors (Lipinski definition) is 4. The molecule has 0 spiro atoms. The number of amides is 1. The summed E-state index contributed by atoms with van der Waals surface area (Å²) in [6.45, 7) is 0.407. The molecule has 5 heteroatoms. The van der Waals surface area contributed by atoms with E-state index in [2.05, 4.69) is 4.74 Å². The van der Waals surface area contributed by atoms with Crippen LogP contribution in [0.4, 0.5) is 4.79 Å². The Morgan fingerprint density at radius 2 is 2.56 bits per heavy atom. The second kappa shape index (κ2) is 5.71. The van der Waals surface area contributed by atoms with E-state index in [0.717, 1.165) is 5.75 Å². The van der Waals surface area contributed by atoms with Gasteiger partial charge in [-0.25, -0.2) is 10.6 Å². The highest BCUT2D eigenvalue weighted by molar-refractivity contribution is 7.98. The SMILES string of the molecule is CSCCOC(=O)NN. The van der Waals surface area contributed by atoms with Crippen molar-refractivity contribution in [2.75, 3.05) is 18.6 Å². The van der Waals surface area contributed by atoms with Crippen LogP contribution in [0.2, 0.25) is 0 Å². The van der Waals surface area contributed by atoms with Gasteiger partial charge in [-0.3, -0.25) is 5.43 Å². The summed E-state index contributed by atoms with van der Waals surface area (Å²) in [6.07, 6.45) is 1.35. The van der Waals surface area contributed by atoms with Crippen molar-refractivity contribution in [1.82, 2.24) is 5.43 Å². The number of hydrazine groups is 1. The first kappa shape index (κ1) is 8.58. The van der Waals surface area contributed by atoms with Gasteiger partial charge in [0, 0.05) is 5.75 Å². The quantitative estimate of drug-likeness (QED) is 0.256. The Bertz CT molecular complexity index is 88.6. The number of hydrogen-bond donors (Lipinski definition) is 2. The average Bonchev–Trinajstić information content (AvgIpc) is 1.89. The Labute approximate surface area is 58.1 Å². The highest BCUT2D eigenvalue weighted by atomic mass is 32.2. The van der Waals surface area contributed by atoms with Crippen LogP contribution in [0, 0.1) is 0 Å². The summed E-state index contributed by atoms with van der Waals surface area (Å²) < 4.78 is 4.54. The lowest BCUT2D eigenvalue weighted by Crippen LogP contribution is -2.31. The molecule has 4 nitrogen and oxygen atoms in total. The van der Waals surface area contributed by atoms with Crippen LogP contribution in [0.5, 0.6) is 0 Å². The molecule has 0 unspecified atom stereocenters. The molecule has 0 radical (unpaired) electrons. The van der Waals surface area contributed by atoms with Gasteiger partial charge in [-0.2, -0.15) is 11.8 Å². The molecule has 0 atom stereocenters. The molecule has 0 fully saturated rings. The molecule has 0 aromatic heterocycles. The predicted molar refractivity (Wildman–Crippen MR) is 37.1 cm³/mol. The molecule has 3 N–H and O–H groups in total. The Morgan fingerprint density at radius 1 is 1.89 bits per heavy atom. The molecule has 0 aliphatic heterocycles.